The number of anilines is 1. The highest BCUT2D eigenvalue weighted by Crippen LogP contribution is 2.25. The van der Waals surface area contributed by atoms with Crippen molar-refractivity contribution in [2.24, 2.45) is 0 Å². The van der Waals surface area contributed by atoms with Crippen LogP contribution in [-0.4, -0.2) is 11.0 Å². The summed E-state index contributed by atoms with van der Waals surface area (Å²) in [6.07, 6.45) is 1.76. The predicted molar refractivity (Wildman–Crippen MR) is 94.9 cm³/mol. The molecule has 2 heterocycles. The van der Waals surface area contributed by atoms with Crippen LogP contribution in [0.5, 0.6) is 0 Å². The standard InChI is InChI=1S/C17H14ClN3OS/c18-13-5-7-14(8-6-13)21-17(22)20-11-12-3-1-9-19-16(12)15-4-2-10-23-15/h1-10H,11H2,(H2,20,21,22). The zero-order valence-electron chi connectivity index (χ0n) is 12.1. The Balaban J connectivity index is 1.64. The van der Waals surface area contributed by atoms with Crippen molar-refractivity contribution in [3.05, 3.63) is 70.7 Å². The first-order valence-electron chi connectivity index (χ1n) is 7.00. The van der Waals surface area contributed by atoms with Gasteiger partial charge in [0, 0.05) is 23.5 Å². The van der Waals surface area contributed by atoms with Gasteiger partial charge in [0.15, 0.2) is 0 Å². The van der Waals surface area contributed by atoms with Crippen molar-refractivity contribution >= 4 is 34.7 Å². The molecule has 116 valence electrons. The fourth-order valence-corrected chi connectivity index (χ4v) is 2.98. The van der Waals surface area contributed by atoms with Gasteiger partial charge in [-0.2, -0.15) is 0 Å². The maximum absolute atomic E-state index is 12.0. The van der Waals surface area contributed by atoms with Crippen LogP contribution in [0.4, 0.5) is 10.5 Å². The maximum atomic E-state index is 12.0. The molecule has 0 spiro atoms. The fourth-order valence-electron chi connectivity index (χ4n) is 2.10. The Morgan fingerprint density at radius 3 is 2.70 bits per heavy atom. The van der Waals surface area contributed by atoms with Crippen LogP contribution in [0.3, 0.4) is 0 Å². The van der Waals surface area contributed by atoms with Crippen LogP contribution in [0, 0.1) is 0 Å². The number of halogens is 1. The van der Waals surface area contributed by atoms with E-state index in [1.165, 1.54) is 0 Å². The summed E-state index contributed by atoms with van der Waals surface area (Å²) in [5, 5.41) is 8.25. The SMILES string of the molecule is O=C(NCc1cccnc1-c1cccs1)Nc1ccc(Cl)cc1. The van der Waals surface area contributed by atoms with Crippen molar-refractivity contribution < 1.29 is 4.79 Å². The number of carbonyl (C=O) groups is 1. The summed E-state index contributed by atoms with van der Waals surface area (Å²) in [4.78, 5) is 17.5. The van der Waals surface area contributed by atoms with E-state index in [1.807, 2.05) is 29.6 Å². The van der Waals surface area contributed by atoms with Crippen LogP contribution < -0.4 is 10.6 Å². The number of benzene rings is 1. The Hall–Kier alpha value is -2.37. The van der Waals surface area contributed by atoms with E-state index in [9.17, 15) is 4.79 Å². The van der Waals surface area contributed by atoms with Crippen molar-refractivity contribution in [1.29, 1.82) is 0 Å². The zero-order chi connectivity index (χ0) is 16.1. The lowest BCUT2D eigenvalue weighted by Gasteiger charge is -2.10. The number of carbonyl (C=O) groups excluding carboxylic acids is 1. The molecule has 3 rings (SSSR count). The highest BCUT2D eigenvalue weighted by atomic mass is 35.5. The first-order chi connectivity index (χ1) is 11.2. The van der Waals surface area contributed by atoms with E-state index in [1.54, 1.807) is 41.8 Å². The van der Waals surface area contributed by atoms with Gasteiger partial charge >= 0.3 is 6.03 Å². The molecule has 2 aromatic heterocycles. The number of amides is 2. The number of nitrogens with one attached hydrogen (secondary N) is 2. The molecule has 4 nitrogen and oxygen atoms in total. The van der Waals surface area contributed by atoms with Gasteiger partial charge < -0.3 is 10.6 Å². The Bertz CT molecular complexity index is 788. The lowest BCUT2D eigenvalue weighted by molar-refractivity contribution is 0.252. The minimum atomic E-state index is -0.270. The summed E-state index contributed by atoms with van der Waals surface area (Å²) < 4.78 is 0. The fraction of sp³-hybridized carbons (Fsp3) is 0.0588. The molecule has 0 aliphatic rings. The molecule has 0 aliphatic carbocycles. The number of hydrogen-bond acceptors (Lipinski definition) is 3. The maximum Gasteiger partial charge on any atom is 0.319 e. The summed E-state index contributed by atoms with van der Waals surface area (Å²) in [5.41, 5.74) is 2.56. The van der Waals surface area contributed by atoms with E-state index in [4.69, 9.17) is 11.6 Å². The molecule has 6 heteroatoms. The number of urea groups is 1. The Morgan fingerprint density at radius 1 is 1.13 bits per heavy atom. The van der Waals surface area contributed by atoms with E-state index in [0.717, 1.165) is 16.1 Å². The third-order valence-electron chi connectivity index (χ3n) is 3.19. The van der Waals surface area contributed by atoms with Crippen molar-refractivity contribution in [2.45, 2.75) is 6.54 Å². The van der Waals surface area contributed by atoms with E-state index in [0.29, 0.717) is 17.3 Å². The molecule has 0 fully saturated rings. The average Bonchev–Trinajstić information content (AvgIpc) is 3.10. The van der Waals surface area contributed by atoms with Gasteiger partial charge in [0.2, 0.25) is 0 Å². The van der Waals surface area contributed by atoms with E-state index in [-0.39, 0.29) is 6.03 Å². The molecule has 0 atom stereocenters. The van der Waals surface area contributed by atoms with Gasteiger partial charge in [-0.1, -0.05) is 23.7 Å². The molecule has 0 saturated carbocycles. The zero-order valence-corrected chi connectivity index (χ0v) is 13.7. The van der Waals surface area contributed by atoms with Crippen LogP contribution in [0.15, 0.2) is 60.1 Å². The van der Waals surface area contributed by atoms with Gasteiger partial charge in [0.05, 0.1) is 10.6 Å². The Morgan fingerprint density at radius 2 is 1.96 bits per heavy atom. The average molecular weight is 344 g/mol. The molecule has 0 aliphatic heterocycles. The van der Waals surface area contributed by atoms with Gasteiger partial charge in [-0.15, -0.1) is 11.3 Å². The Labute approximate surface area is 143 Å². The summed E-state index contributed by atoms with van der Waals surface area (Å²) in [7, 11) is 0. The first kappa shape index (κ1) is 15.5. The molecule has 3 aromatic rings. The highest BCUT2D eigenvalue weighted by molar-refractivity contribution is 7.13. The van der Waals surface area contributed by atoms with Crippen LogP contribution in [0.2, 0.25) is 5.02 Å². The van der Waals surface area contributed by atoms with Crippen molar-refractivity contribution in [1.82, 2.24) is 10.3 Å². The van der Waals surface area contributed by atoms with Crippen LogP contribution >= 0.6 is 22.9 Å². The summed E-state index contributed by atoms with van der Waals surface area (Å²) in [6, 6.07) is 14.5. The smallest absolute Gasteiger partial charge is 0.319 e. The second-order valence-corrected chi connectivity index (χ2v) is 6.19. The summed E-state index contributed by atoms with van der Waals surface area (Å²) in [5.74, 6) is 0. The first-order valence-corrected chi connectivity index (χ1v) is 8.26. The Kier molecular flexibility index (Phi) is 4.90. The molecule has 0 saturated heterocycles. The molecule has 0 unspecified atom stereocenters. The number of aromatic nitrogens is 1. The summed E-state index contributed by atoms with van der Waals surface area (Å²) in [6.45, 7) is 0.403. The predicted octanol–water partition coefficient (Wildman–Crippen LogP) is 4.79. The second-order valence-electron chi connectivity index (χ2n) is 4.80. The minimum absolute atomic E-state index is 0.270. The molecular weight excluding hydrogens is 330 g/mol. The van der Waals surface area contributed by atoms with Gasteiger partial charge in [0.1, 0.15) is 0 Å². The van der Waals surface area contributed by atoms with Gasteiger partial charge in [-0.05, 0) is 47.3 Å². The number of pyridine rings is 1. The molecule has 2 amide bonds. The lowest BCUT2D eigenvalue weighted by Crippen LogP contribution is -2.28. The number of nitrogens with zero attached hydrogens (tertiary/aromatic N) is 1. The highest BCUT2D eigenvalue weighted by Gasteiger charge is 2.08. The normalized spacial score (nSPS) is 10.3. The van der Waals surface area contributed by atoms with E-state index >= 15 is 0 Å². The largest absolute Gasteiger partial charge is 0.334 e. The lowest BCUT2D eigenvalue weighted by atomic mass is 10.1. The topological polar surface area (TPSA) is 54.0 Å². The molecule has 23 heavy (non-hydrogen) atoms. The molecular formula is C17H14ClN3OS. The van der Waals surface area contributed by atoms with E-state index in [2.05, 4.69) is 15.6 Å². The molecule has 0 radical (unpaired) electrons. The quantitative estimate of drug-likeness (QED) is 0.716. The van der Waals surface area contributed by atoms with Crippen LogP contribution in [0.25, 0.3) is 10.6 Å². The summed E-state index contributed by atoms with van der Waals surface area (Å²) >= 11 is 7.45. The van der Waals surface area contributed by atoms with Gasteiger partial charge in [0.25, 0.3) is 0 Å². The third-order valence-corrected chi connectivity index (χ3v) is 4.32. The number of hydrogen-bond donors (Lipinski definition) is 2. The van der Waals surface area contributed by atoms with Crippen molar-refractivity contribution in [3.63, 3.8) is 0 Å². The van der Waals surface area contributed by atoms with Gasteiger partial charge in [-0.25, -0.2) is 4.79 Å². The molecule has 2 N–H and O–H groups in total. The second kappa shape index (κ2) is 7.26. The molecule has 1 aromatic carbocycles. The number of thiophene rings is 1. The monoisotopic (exact) mass is 343 g/mol. The van der Waals surface area contributed by atoms with Crippen LogP contribution in [-0.2, 0) is 6.54 Å². The minimum Gasteiger partial charge on any atom is -0.334 e. The number of rotatable bonds is 4. The molecule has 0 bridgehead atoms. The third kappa shape index (κ3) is 4.09. The van der Waals surface area contributed by atoms with Gasteiger partial charge in [-0.3, -0.25) is 4.98 Å². The van der Waals surface area contributed by atoms with Crippen molar-refractivity contribution in [2.75, 3.05) is 5.32 Å². The van der Waals surface area contributed by atoms with Crippen LogP contribution in [0.1, 0.15) is 5.56 Å². The van der Waals surface area contributed by atoms with Crippen molar-refractivity contribution in [3.8, 4) is 10.6 Å². The van der Waals surface area contributed by atoms with E-state index < -0.39 is 0 Å².